The monoisotopic (exact) mass is 411 g/mol. The summed E-state index contributed by atoms with van der Waals surface area (Å²) in [5, 5.41) is 9.77. The summed E-state index contributed by atoms with van der Waals surface area (Å²) < 4.78 is 8.27. The van der Waals surface area contributed by atoms with Crippen LogP contribution < -0.4 is 4.74 Å². The molecule has 0 atom stereocenters. The lowest BCUT2D eigenvalue weighted by atomic mass is 10.1. The number of carbonyl (C=O) groups is 1. The van der Waals surface area contributed by atoms with Crippen molar-refractivity contribution in [2.45, 2.75) is 40.2 Å². The molecule has 4 nitrogen and oxygen atoms in total. The van der Waals surface area contributed by atoms with Crippen molar-refractivity contribution in [2.24, 2.45) is 0 Å². The minimum atomic E-state index is -0.798. The van der Waals surface area contributed by atoms with Crippen LogP contribution in [-0.4, -0.2) is 22.2 Å². The van der Waals surface area contributed by atoms with E-state index in [0.717, 1.165) is 33.8 Å². The second-order valence-corrected chi connectivity index (χ2v) is 7.77. The first kappa shape index (κ1) is 21.0. The fourth-order valence-electron chi connectivity index (χ4n) is 3.73. The predicted molar refractivity (Wildman–Crippen MR) is 117 cm³/mol. The van der Waals surface area contributed by atoms with E-state index in [0.29, 0.717) is 24.6 Å². The summed E-state index contributed by atoms with van der Waals surface area (Å²) in [7, 11) is 0. The molecule has 1 heterocycles. The highest BCUT2D eigenvalue weighted by Crippen LogP contribution is 2.27. The minimum absolute atomic E-state index is 0.0983. The number of carboxylic acids is 1. The molecule has 0 spiro atoms. The van der Waals surface area contributed by atoms with Gasteiger partial charge >= 0.3 is 5.97 Å². The number of rotatable bonds is 8. The van der Waals surface area contributed by atoms with Crippen LogP contribution in [0.2, 0.25) is 5.02 Å². The maximum Gasteiger partial charge on any atom is 0.303 e. The van der Waals surface area contributed by atoms with Crippen LogP contribution in [0.25, 0.3) is 11.3 Å². The van der Waals surface area contributed by atoms with Crippen molar-refractivity contribution < 1.29 is 14.6 Å². The topological polar surface area (TPSA) is 51.5 Å². The van der Waals surface area contributed by atoms with Crippen molar-refractivity contribution in [1.29, 1.82) is 0 Å². The van der Waals surface area contributed by atoms with Crippen molar-refractivity contribution in [2.75, 3.05) is 6.61 Å². The molecule has 0 amide bonds. The number of aromatic nitrogens is 1. The first-order chi connectivity index (χ1) is 13.8. The van der Waals surface area contributed by atoms with Gasteiger partial charge in [0.05, 0.1) is 13.0 Å². The Kier molecular flexibility index (Phi) is 6.65. The lowest BCUT2D eigenvalue weighted by molar-refractivity contribution is -0.136. The summed E-state index contributed by atoms with van der Waals surface area (Å²) in [5.74, 6) is 0.121. The average molecular weight is 412 g/mol. The number of carboxylic acid groups (broad SMARTS) is 1. The van der Waals surface area contributed by atoms with Gasteiger partial charge in [0.2, 0.25) is 0 Å². The molecule has 0 bridgehead atoms. The fraction of sp³-hybridized carbons (Fsp3) is 0.292. The average Bonchev–Trinajstić information content (AvgIpc) is 3.05. The zero-order chi connectivity index (χ0) is 21.0. The SMILES string of the molecule is Cc1cc(C)c(OCCn2c(CCC(=O)O)ccc2-c2ccc(Cl)cc2)c(C)c1. The first-order valence-electron chi connectivity index (χ1n) is 9.72. The zero-order valence-corrected chi connectivity index (χ0v) is 17.8. The Labute approximate surface area is 176 Å². The molecule has 0 aliphatic carbocycles. The molecule has 3 aromatic rings. The van der Waals surface area contributed by atoms with Gasteiger partial charge in [-0.05, 0) is 68.1 Å². The Balaban J connectivity index is 1.83. The number of hydrogen-bond donors (Lipinski definition) is 1. The molecule has 1 aromatic heterocycles. The summed E-state index contributed by atoms with van der Waals surface area (Å²) in [5.41, 5.74) is 6.52. The maximum absolute atomic E-state index is 11.1. The van der Waals surface area contributed by atoms with Crippen LogP contribution in [0.3, 0.4) is 0 Å². The molecule has 0 saturated heterocycles. The van der Waals surface area contributed by atoms with E-state index in [9.17, 15) is 4.79 Å². The van der Waals surface area contributed by atoms with Crippen molar-refractivity contribution in [1.82, 2.24) is 4.57 Å². The molecular formula is C24H26ClNO3. The maximum atomic E-state index is 11.1. The van der Waals surface area contributed by atoms with Crippen LogP contribution in [0.15, 0.2) is 48.5 Å². The fourth-order valence-corrected chi connectivity index (χ4v) is 3.86. The highest BCUT2D eigenvalue weighted by molar-refractivity contribution is 6.30. The zero-order valence-electron chi connectivity index (χ0n) is 17.0. The molecule has 0 fully saturated rings. The highest BCUT2D eigenvalue weighted by Gasteiger charge is 2.13. The Hall–Kier alpha value is -2.72. The van der Waals surface area contributed by atoms with E-state index < -0.39 is 5.97 Å². The van der Waals surface area contributed by atoms with Gasteiger partial charge in [0.25, 0.3) is 0 Å². The van der Waals surface area contributed by atoms with E-state index in [1.54, 1.807) is 0 Å². The summed E-state index contributed by atoms with van der Waals surface area (Å²) in [4.78, 5) is 11.1. The Morgan fingerprint density at radius 2 is 1.69 bits per heavy atom. The van der Waals surface area contributed by atoms with Gasteiger partial charge in [-0.3, -0.25) is 4.79 Å². The van der Waals surface area contributed by atoms with Gasteiger partial charge in [0, 0.05) is 16.4 Å². The van der Waals surface area contributed by atoms with Gasteiger partial charge in [-0.15, -0.1) is 0 Å². The number of aryl methyl sites for hydroxylation is 4. The third kappa shape index (κ3) is 5.21. The summed E-state index contributed by atoms with van der Waals surface area (Å²) in [6, 6.07) is 15.9. The minimum Gasteiger partial charge on any atom is -0.491 e. The van der Waals surface area contributed by atoms with E-state index in [-0.39, 0.29) is 6.42 Å². The van der Waals surface area contributed by atoms with Gasteiger partial charge in [-0.2, -0.15) is 0 Å². The molecule has 0 saturated carbocycles. The van der Waals surface area contributed by atoms with Crippen molar-refractivity contribution in [3.8, 4) is 17.0 Å². The van der Waals surface area contributed by atoms with Gasteiger partial charge in [-0.25, -0.2) is 0 Å². The molecule has 5 heteroatoms. The Morgan fingerprint density at radius 3 is 2.31 bits per heavy atom. The highest BCUT2D eigenvalue weighted by atomic mass is 35.5. The van der Waals surface area contributed by atoms with Crippen molar-refractivity contribution >= 4 is 17.6 Å². The molecule has 0 unspecified atom stereocenters. The van der Waals surface area contributed by atoms with E-state index >= 15 is 0 Å². The van der Waals surface area contributed by atoms with Gasteiger partial charge in [-0.1, -0.05) is 41.4 Å². The van der Waals surface area contributed by atoms with E-state index in [1.165, 1.54) is 5.56 Å². The molecule has 0 aliphatic rings. The number of halogens is 1. The normalized spacial score (nSPS) is 10.9. The summed E-state index contributed by atoms with van der Waals surface area (Å²) in [6.45, 7) is 7.33. The number of hydrogen-bond acceptors (Lipinski definition) is 2. The lowest BCUT2D eigenvalue weighted by Crippen LogP contribution is -2.13. The van der Waals surface area contributed by atoms with Crippen LogP contribution in [0.1, 0.15) is 28.8 Å². The quantitative estimate of drug-likeness (QED) is 0.507. The second-order valence-electron chi connectivity index (χ2n) is 7.34. The van der Waals surface area contributed by atoms with Crippen LogP contribution >= 0.6 is 11.6 Å². The molecular weight excluding hydrogens is 386 g/mol. The third-order valence-electron chi connectivity index (χ3n) is 4.97. The molecule has 2 aromatic carbocycles. The van der Waals surface area contributed by atoms with Crippen molar-refractivity contribution in [3.05, 3.63) is 75.9 Å². The van der Waals surface area contributed by atoms with Crippen LogP contribution in [0.4, 0.5) is 0 Å². The van der Waals surface area contributed by atoms with E-state index in [1.807, 2.05) is 36.4 Å². The molecule has 3 rings (SSSR count). The number of benzene rings is 2. The summed E-state index contributed by atoms with van der Waals surface area (Å²) in [6.07, 6.45) is 0.576. The van der Waals surface area contributed by atoms with Crippen LogP contribution in [-0.2, 0) is 17.8 Å². The van der Waals surface area contributed by atoms with Crippen LogP contribution in [0.5, 0.6) is 5.75 Å². The first-order valence-corrected chi connectivity index (χ1v) is 10.1. The summed E-state index contributed by atoms with van der Waals surface area (Å²) >= 11 is 6.03. The number of nitrogens with zero attached hydrogens (tertiary/aromatic N) is 1. The second kappa shape index (κ2) is 9.19. The number of ether oxygens (including phenoxy) is 1. The molecule has 1 N–H and O–H groups in total. The standard InChI is InChI=1S/C24H26ClNO3/c1-16-14-17(2)24(18(3)15-16)29-13-12-26-21(9-11-23(27)28)8-10-22(26)19-4-6-20(25)7-5-19/h4-8,10,14-15H,9,11-13H2,1-3H3,(H,27,28). The number of aliphatic carboxylic acids is 1. The van der Waals surface area contributed by atoms with E-state index in [4.69, 9.17) is 21.4 Å². The van der Waals surface area contributed by atoms with Gasteiger partial charge in [0.15, 0.2) is 0 Å². The molecule has 29 heavy (non-hydrogen) atoms. The lowest BCUT2D eigenvalue weighted by Gasteiger charge is -2.17. The molecule has 0 radical (unpaired) electrons. The smallest absolute Gasteiger partial charge is 0.303 e. The van der Waals surface area contributed by atoms with Crippen LogP contribution in [0, 0.1) is 20.8 Å². The van der Waals surface area contributed by atoms with Gasteiger partial charge in [0.1, 0.15) is 12.4 Å². The molecule has 0 aliphatic heterocycles. The Bertz CT molecular complexity index is 982. The predicted octanol–water partition coefficient (Wildman–Crippen LogP) is 5.83. The third-order valence-corrected chi connectivity index (χ3v) is 5.22. The Morgan fingerprint density at radius 1 is 1.03 bits per heavy atom. The largest absolute Gasteiger partial charge is 0.491 e. The van der Waals surface area contributed by atoms with E-state index in [2.05, 4.69) is 37.5 Å². The van der Waals surface area contributed by atoms with Gasteiger partial charge < -0.3 is 14.4 Å². The van der Waals surface area contributed by atoms with Crippen molar-refractivity contribution in [3.63, 3.8) is 0 Å². The molecule has 152 valence electrons.